The minimum Gasteiger partial charge on any atom is -0.478 e. The first-order valence-corrected chi connectivity index (χ1v) is 6.44. The average Bonchev–Trinajstić information content (AvgIpc) is 2.28. The van der Waals surface area contributed by atoms with Crippen LogP contribution in [0, 0.1) is 10.1 Å². The van der Waals surface area contributed by atoms with Gasteiger partial charge in [0, 0.05) is 6.07 Å². The predicted octanol–water partition coefficient (Wildman–Crippen LogP) is 1.05. The molecular formula is C9H10N2O6S. The molecule has 0 aliphatic rings. The number of carboxylic acids is 1. The first-order valence-electron chi connectivity index (χ1n) is 4.79. The molecule has 1 aromatic carbocycles. The van der Waals surface area contributed by atoms with Crippen molar-refractivity contribution in [3.8, 4) is 0 Å². The molecular weight excluding hydrogens is 264 g/mol. The minimum absolute atomic E-state index is 0.245. The zero-order chi connectivity index (χ0) is 13.9. The van der Waals surface area contributed by atoms with E-state index in [4.69, 9.17) is 5.11 Å². The SMILES string of the molecule is CCS(=O)(=O)Nc1ccc(C(=O)O)cc1[N+](=O)[O-]. The summed E-state index contributed by atoms with van der Waals surface area (Å²) in [6.07, 6.45) is 0. The van der Waals surface area contributed by atoms with E-state index in [2.05, 4.69) is 0 Å². The second kappa shape index (κ2) is 5.00. The Labute approximate surface area is 102 Å². The van der Waals surface area contributed by atoms with Crippen molar-refractivity contribution in [2.75, 3.05) is 10.5 Å². The monoisotopic (exact) mass is 274 g/mol. The summed E-state index contributed by atoms with van der Waals surface area (Å²) >= 11 is 0. The topological polar surface area (TPSA) is 127 Å². The number of aromatic carboxylic acids is 1. The Kier molecular flexibility index (Phi) is 3.86. The highest BCUT2D eigenvalue weighted by atomic mass is 32.2. The maximum absolute atomic E-state index is 11.3. The molecule has 1 aromatic rings. The zero-order valence-corrected chi connectivity index (χ0v) is 10.1. The number of hydrogen-bond donors (Lipinski definition) is 2. The lowest BCUT2D eigenvalue weighted by Crippen LogP contribution is -2.15. The third kappa shape index (κ3) is 3.17. The predicted molar refractivity (Wildman–Crippen MR) is 63.1 cm³/mol. The van der Waals surface area contributed by atoms with E-state index in [9.17, 15) is 23.3 Å². The van der Waals surface area contributed by atoms with E-state index >= 15 is 0 Å². The Morgan fingerprint density at radius 3 is 2.56 bits per heavy atom. The molecule has 18 heavy (non-hydrogen) atoms. The van der Waals surface area contributed by atoms with Gasteiger partial charge in [0.25, 0.3) is 5.69 Å². The maximum atomic E-state index is 11.3. The molecule has 0 fully saturated rings. The lowest BCUT2D eigenvalue weighted by Gasteiger charge is -2.07. The summed E-state index contributed by atoms with van der Waals surface area (Å²) in [5.41, 5.74) is -1.15. The molecule has 0 heterocycles. The summed E-state index contributed by atoms with van der Waals surface area (Å²) in [5, 5.41) is 19.4. The fraction of sp³-hybridized carbons (Fsp3) is 0.222. The van der Waals surface area contributed by atoms with Gasteiger partial charge in [-0.1, -0.05) is 0 Å². The Morgan fingerprint density at radius 2 is 2.11 bits per heavy atom. The fourth-order valence-corrected chi connectivity index (χ4v) is 1.79. The number of hydrogen-bond acceptors (Lipinski definition) is 5. The van der Waals surface area contributed by atoms with Crippen molar-refractivity contribution in [3.05, 3.63) is 33.9 Å². The summed E-state index contributed by atoms with van der Waals surface area (Å²) in [5.74, 6) is -1.58. The van der Waals surface area contributed by atoms with E-state index in [1.165, 1.54) is 6.92 Å². The molecule has 2 N–H and O–H groups in total. The van der Waals surface area contributed by atoms with Gasteiger partial charge in [-0.2, -0.15) is 0 Å². The number of anilines is 1. The second-order valence-corrected chi connectivity index (χ2v) is 5.31. The number of nitro groups is 1. The van der Waals surface area contributed by atoms with E-state index < -0.39 is 26.6 Å². The number of benzene rings is 1. The number of carboxylic acid groups (broad SMARTS) is 1. The van der Waals surface area contributed by atoms with E-state index in [0.717, 1.165) is 18.2 Å². The maximum Gasteiger partial charge on any atom is 0.335 e. The summed E-state index contributed by atoms with van der Waals surface area (Å²) < 4.78 is 24.6. The van der Waals surface area contributed by atoms with Crippen molar-refractivity contribution in [2.24, 2.45) is 0 Å². The number of sulfonamides is 1. The van der Waals surface area contributed by atoms with Crippen LogP contribution in [0.3, 0.4) is 0 Å². The van der Waals surface area contributed by atoms with Crippen LogP contribution >= 0.6 is 0 Å². The quantitative estimate of drug-likeness (QED) is 0.610. The second-order valence-electron chi connectivity index (χ2n) is 3.30. The van der Waals surface area contributed by atoms with Crippen LogP contribution in [0.15, 0.2) is 18.2 Å². The molecule has 0 spiro atoms. The summed E-state index contributed by atoms with van der Waals surface area (Å²) in [6.45, 7) is 1.37. The Balaban J connectivity index is 3.29. The molecule has 0 saturated carbocycles. The van der Waals surface area contributed by atoms with Gasteiger partial charge in [-0.25, -0.2) is 13.2 Å². The third-order valence-electron chi connectivity index (χ3n) is 2.09. The van der Waals surface area contributed by atoms with Gasteiger partial charge in [0.15, 0.2) is 0 Å². The highest BCUT2D eigenvalue weighted by Crippen LogP contribution is 2.26. The van der Waals surface area contributed by atoms with Gasteiger partial charge in [-0.05, 0) is 19.1 Å². The third-order valence-corrected chi connectivity index (χ3v) is 3.38. The van der Waals surface area contributed by atoms with Gasteiger partial charge in [0.05, 0.1) is 16.2 Å². The zero-order valence-electron chi connectivity index (χ0n) is 9.28. The summed E-state index contributed by atoms with van der Waals surface area (Å²) in [6, 6.07) is 2.94. The molecule has 1 rings (SSSR count). The number of rotatable bonds is 5. The smallest absolute Gasteiger partial charge is 0.335 e. The molecule has 0 radical (unpaired) electrons. The van der Waals surface area contributed by atoms with E-state index in [-0.39, 0.29) is 17.0 Å². The highest BCUT2D eigenvalue weighted by molar-refractivity contribution is 7.92. The Hall–Kier alpha value is -2.16. The summed E-state index contributed by atoms with van der Waals surface area (Å²) in [7, 11) is -3.66. The highest BCUT2D eigenvalue weighted by Gasteiger charge is 2.20. The van der Waals surface area contributed by atoms with Crippen molar-refractivity contribution in [1.29, 1.82) is 0 Å². The largest absolute Gasteiger partial charge is 0.478 e. The molecule has 0 aromatic heterocycles. The van der Waals surface area contributed by atoms with Crippen LogP contribution < -0.4 is 4.72 Å². The van der Waals surface area contributed by atoms with Crippen molar-refractivity contribution < 1.29 is 23.2 Å². The van der Waals surface area contributed by atoms with Gasteiger partial charge in [-0.3, -0.25) is 14.8 Å². The van der Waals surface area contributed by atoms with Crippen LogP contribution in [0.5, 0.6) is 0 Å². The van der Waals surface area contributed by atoms with Crippen molar-refractivity contribution >= 4 is 27.4 Å². The van der Waals surface area contributed by atoms with E-state index in [1.54, 1.807) is 0 Å². The van der Waals surface area contributed by atoms with Gasteiger partial charge >= 0.3 is 5.97 Å². The van der Waals surface area contributed by atoms with Crippen LogP contribution in [0.25, 0.3) is 0 Å². The number of nitrogens with one attached hydrogen (secondary N) is 1. The Bertz CT molecular complexity index is 595. The molecule has 0 bridgehead atoms. The Morgan fingerprint density at radius 1 is 1.50 bits per heavy atom. The average molecular weight is 274 g/mol. The van der Waals surface area contributed by atoms with Gasteiger partial charge in [0.1, 0.15) is 5.69 Å². The van der Waals surface area contributed by atoms with Crippen LogP contribution in [0.2, 0.25) is 0 Å². The van der Waals surface area contributed by atoms with Crippen molar-refractivity contribution in [3.63, 3.8) is 0 Å². The molecule has 0 aliphatic heterocycles. The van der Waals surface area contributed by atoms with Crippen LogP contribution in [-0.4, -0.2) is 30.2 Å². The van der Waals surface area contributed by atoms with Gasteiger partial charge in [0.2, 0.25) is 10.0 Å². The minimum atomic E-state index is -3.66. The van der Waals surface area contributed by atoms with Gasteiger partial charge < -0.3 is 5.11 Å². The lowest BCUT2D eigenvalue weighted by molar-refractivity contribution is -0.383. The van der Waals surface area contributed by atoms with Crippen LogP contribution in [0.4, 0.5) is 11.4 Å². The van der Waals surface area contributed by atoms with Crippen molar-refractivity contribution in [2.45, 2.75) is 6.92 Å². The molecule has 0 saturated heterocycles. The summed E-state index contributed by atoms with van der Waals surface area (Å²) in [4.78, 5) is 20.6. The van der Waals surface area contributed by atoms with Crippen molar-refractivity contribution in [1.82, 2.24) is 0 Å². The molecule has 0 amide bonds. The molecule has 0 unspecified atom stereocenters. The fourth-order valence-electron chi connectivity index (χ4n) is 1.14. The molecule has 9 heteroatoms. The number of carbonyl (C=O) groups is 1. The number of nitrogens with zero attached hydrogens (tertiary/aromatic N) is 1. The molecule has 8 nitrogen and oxygen atoms in total. The molecule has 0 aliphatic carbocycles. The van der Waals surface area contributed by atoms with Gasteiger partial charge in [-0.15, -0.1) is 0 Å². The molecule has 98 valence electrons. The number of nitro benzene ring substituents is 1. The lowest BCUT2D eigenvalue weighted by atomic mass is 10.2. The van der Waals surface area contributed by atoms with E-state index in [1.807, 2.05) is 4.72 Å². The first-order chi connectivity index (χ1) is 8.26. The van der Waals surface area contributed by atoms with E-state index in [0.29, 0.717) is 0 Å². The normalized spacial score (nSPS) is 10.9. The van der Waals surface area contributed by atoms with Crippen LogP contribution in [-0.2, 0) is 10.0 Å². The molecule has 0 atom stereocenters. The van der Waals surface area contributed by atoms with Crippen LogP contribution in [0.1, 0.15) is 17.3 Å². The first kappa shape index (κ1) is 13.9. The standard InChI is InChI=1S/C9H10N2O6S/c1-2-18(16,17)10-7-4-3-6(9(12)13)5-8(7)11(14)15/h3-5,10H,2H2,1H3,(H,12,13).